The van der Waals surface area contributed by atoms with Gasteiger partial charge in [0.05, 0.1) is 18.6 Å². The Morgan fingerprint density at radius 1 is 1.60 bits per heavy atom. The van der Waals surface area contributed by atoms with Crippen molar-refractivity contribution in [1.82, 2.24) is 15.3 Å². The minimum absolute atomic E-state index is 0.0946. The van der Waals surface area contributed by atoms with Gasteiger partial charge in [0.1, 0.15) is 16.7 Å². The number of hydrogen-bond acceptors (Lipinski definition) is 6. The Balaban J connectivity index is 2.07. The summed E-state index contributed by atoms with van der Waals surface area (Å²) in [5, 5.41) is 5.70. The van der Waals surface area contributed by atoms with Gasteiger partial charge in [-0.1, -0.05) is 0 Å². The molecule has 1 aliphatic rings. The van der Waals surface area contributed by atoms with Crippen molar-refractivity contribution in [3.8, 4) is 0 Å². The molecule has 2 aromatic heterocycles. The molecule has 3 heterocycles. The lowest BCUT2D eigenvalue weighted by atomic mass is 10.2. The number of morpholine rings is 1. The van der Waals surface area contributed by atoms with Gasteiger partial charge in [0.15, 0.2) is 0 Å². The van der Waals surface area contributed by atoms with Gasteiger partial charge in [0.2, 0.25) is 11.2 Å². The minimum atomic E-state index is -0.400. The highest BCUT2D eigenvalue weighted by Crippen LogP contribution is 2.30. The smallest absolute Gasteiger partial charge is 0.244 e. The van der Waals surface area contributed by atoms with Gasteiger partial charge >= 0.3 is 0 Å². The summed E-state index contributed by atoms with van der Waals surface area (Å²) in [6.45, 7) is 1.49. The molecule has 1 N–H and O–H groups in total. The molecule has 106 valence electrons. The summed E-state index contributed by atoms with van der Waals surface area (Å²) in [7, 11) is 1.61. The van der Waals surface area contributed by atoms with Gasteiger partial charge in [0.25, 0.3) is 0 Å². The molecule has 1 aliphatic heterocycles. The highest BCUT2D eigenvalue weighted by molar-refractivity contribution is 7.16. The van der Waals surface area contributed by atoms with Crippen LogP contribution in [0.2, 0.25) is 5.28 Å². The zero-order chi connectivity index (χ0) is 14.1. The lowest BCUT2D eigenvalue weighted by Gasteiger charge is -2.35. The maximum Gasteiger partial charge on any atom is 0.244 e. The Bertz CT molecular complexity index is 647. The molecule has 6 nitrogen and oxygen atoms in total. The molecule has 1 amide bonds. The Hall–Kier alpha value is -1.44. The van der Waals surface area contributed by atoms with E-state index in [1.807, 2.05) is 16.3 Å². The number of fused-ring (bicyclic) bond motifs is 1. The monoisotopic (exact) mass is 312 g/mol. The number of thiophene rings is 1. The minimum Gasteiger partial charge on any atom is -0.377 e. The number of aromatic nitrogens is 2. The fourth-order valence-electron chi connectivity index (χ4n) is 2.27. The first-order valence-corrected chi connectivity index (χ1v) is 7.43. The number of carbonyl (C=O) groups is 1. The Morgan fingerprint density at radius 3 is 3.25 bits per heavy atom. The van der Waals surface area contributed by atoms with Crippen molar-refractivity contribution >= 4 is 44.9 Å². The summed E-state index contributed by atoms with van der Waals surface area (Å²) in [6, 6.07) is 1.55. The van der Waals surface area contributed by atoms with Crippen LogP contribution in [0.3, 0.4) is 0 Å². The molecular formula is C12H13ClN4O2S. The molecule has 20 heavy (non-hydrogen) atoms. The third kappa shape index (κ3) is 2.32. The third-order valence-corrected chi connectivity index (χ3v) is 4.20. The zero-order valence-corrected chi connectivity index (χ0v) is 12.4. The molecular weight excluding hydrogens is 300 g/mol. The SMILES string of the molecule is CNC(=O)C1COCCN1c1nc(Cl)nc2sccc12. The van der Waals surface area contributed by atoms with E-state index in [-0.39, 0.29) is 11.2 Å². The predicted octanol–water partition coefficient (Wildman–Crippen LogP) is 1.30. The molecule has 1 saturated heterocycles. The maximum atomic E-state index is 12.0. The fraction of sp³-hybridized carbons (Fsp3) is 0.417. The molecule has 0 bridgehead atoms. The Kier molecular flexibility index (Phi) is 3.73. The average Bonchev–Trinajstić information content (AvgIpc) is 2.93. The first kappa shape index (κ1) is 13.5. The number of hydrogen-bond donors (Lipinski definition) is 1. The van der Waals surface area contributed by atoms with Gasteiger partial charge in [0, 0.05) is 13.6 Å². The Morgan fingerprint density at radius 2 is 2.45 bits per heavy atom. The van der Waals surface area contributed by atoms with Gasteiger partial charge in [-0.05, 0) is 23.0 Å². The number of ether oxygens (including phenoxy) is 1. The van der Waals surface area contributed by atoms with Crippen LogP contribution in [0.4, 0.5) is 5.82 Å². The van der Waals surface area contributed by atoms with E-state index in [9.17, 15) is 4.79 Å². The van der Waals surface area contributed by atoms with Crippen molar-refractivity contribution in [3.05, 3.63) is 16.7 Å². The van der Waals surface area contributed by atoms with Gasteiger partial charge in [-0.25, -0.2) is 4.98 Å². The number of nitrogens with one attached hydrogen (secondary N) is 1. The number of amides is 1. The standard InChI is InChI=1S/C12H13ClN4O2S/c1-14-10(18)8-6-19-4-3-17(8)9-7-2-5-20-11(7)16-12(13)15-9/h2,5,8H,3-4,6H2,1H3,(H,14,18). The van der Waals surface area contributed by atoms with E-state index >= 15 is 0 Å². The van der Waals surface area contributed by atoms with Gasteiger partial charge in [-0.3, -0.25) is 4.79 Å². The van der Waals surface area contributed by atoms with E-state index in [1.54, 1.807) is 7.05 Å². The van der Waals surface area contributed by atoms with Crippen molar-refractivity contribution in [3.63, 3.8) is 0 Å². The fourth-order valence-corrected chi connectivity index (χ4v) is 3.25. The molecule has 0 aromatic carbocycles. The second kappa shape index (κ2) is 5.51. The number of halogens is 1. The molecule has 0 spiro atoms. The quantitative estimate of drug-likeness (QED) is 0.847. The number of anilines is 1. The summed E-state index contributed by atoms with van der Waals surface area (Å²) in [4.78, 5) is 23.3. The molecule has 0 aliphatic carbocycles. The van der Waals surface area contributed by atoms with Gasteiger partial charge in [-0.2, -0.15) is 4.98 Å². The lowest BCUT2D eigenvalue weighted by Crippen LogP contribution is -2.53. The summed E-state index contributed by atoms with van der Waals surface area (Å²) >= 11 is 7.49. The molecule has 1 atom stereocenters. The van der Waals surface area contributed by atoms with E-state index in [2.05, 4.69) is 15.3 Å². The largest absolute Gasteiger partial charge is 0.377 e. The van der Waals surface area contributed by atoms with Crippen LogP contribution in [-0.4, -0.2) is 48.7 Å². The van der Waals surface area contributed by atoms with Crippen LogP contribution in [0.5, 0.6) is 0 Å². The second-order valence-corrected chi connectivity index (χ2v) is 5.59. The predicted molar refractivity (Wildman–Crippen MR) is 78.4 cm³/mol. The Labute approximate surface area is 124 Å². The summed E-state index contributed by atoms with van der Waals surface area (Å²) in [5.74, 6) is 0.598. The molecule has 0 saturated carbocycles. The van der Waals surface area contributed by atoms with Crippen LogP contribution in [0.15, 0.2) is 11.4 Å². The van der Waals surface area contributed by atoms with E-state index in [0.29, 0.717) is 25.6 Å². The van der Waals surface area contributed by atoms with E-state index in [4.69, 9.17) is 16.3 Å². The third-order valence-electron chi connectivity index (χ3n) is 3.23. The number of rotatable bonds is 2. The molecule has 0 radical (unpaired) electrons. The molecule has 3 rings (SSSR count). The first-order chi connectivity index (χ1) is 9.70. The van der Waals surface area contributed by atoms with Gasteiger partial charge < -0.3 is 15.0 Å². The van der Waals surface area contributed by atoms with Crippen molar-refractivity contribution in [2.45, 2.75) is 6.04 Å². The average molecular weight is 313 g/mol. The van der Waals surface area contributed by atoms with Crippen molar-refractivity contribution in [2.75, 3.05) is 31.7 Å². The maximum absolute atomic E-state index is 12.0. The normalized spacial score (nSPS) is 19.3. The molecule has 1 fully saturated rings. The van der Waals surface area contributed by atoms with Crippen molar-refractivity contribution in [1.29, 1.82) is 0 Å². The lowest BCUT2D eigenvalue weighted by molar-refractivity contribution is -0.124. The topological polar surface area (TPSA) is 67.3 Å². The molecule has 2 aromatic rings. The molecule has 8 heteroatoms. The first-order valence-electron chi connectivity index (χ1n) is 6.17. The summed E-state index contributed by atoms with van der Waals surface area (Å²) in [6.07, 6.45) is 0. The zero-order valence-electron chi connectivity index (χ0n) is 10.8. The van der Waals surface area contributed by atoms with E-state index < -0.39 is 6.04 Å². The van der Waals surface area contributed by atoms with Crippen LogP contribution in [0, 0.1) is 0 Å². The number of carbonyl (C=O) groups excluding carboxylic acids is 1. The van der Waals surface area contributed by atoms with Crippen LogP contribution in [0.25, 0.3) is 10.2 Å². The highest BCUT2D eigenvalue weighted by Gasteiger charge is 2.31. The van der Waals surface area contributed by atoms with E-state index in [1.165, 1.54) is 11.3 Å². The second-order valence-electron chi connectivity index (χ2n) is 4.35. The highest BCUT2D eigenvalue weighted by atomic mass is 35.5. The van der Waals surface area contributed by atoms with Crippen LogP contribution >= 0.6 is 22.9 Å². The van der Waals surface area contributed by atoms with Crippen LogP contribution in [0.1, 0.15) is 0 Å². The summed E-state index contributed by atoms with van der Waals surface area (Å²) in [5.41, 5.74) is 0. The van der Waals surface area contributed by atoms with Gasteiger partial charge in [-0.15, -0.1) is 11.3 Å². The summed E-state index contributed by atoms with van der Waals surface area (Å²) < 4.78 is 5.40. The molecule has 1 unspecified atom stereocenters. The van der Waals surface area contributed by atoms with E-state index in [0.717, 1.165) is 10.2 Å². The van der Waals surface area contributed by atoms with Crippen LogP contribution < -0.4 is 10.2 Å². The van der Waals surface area contributed by atoms with Crippen LogP contribution in [-0.2, 0) is 9.53 Å². The van der Waals surface area contributed by atoms with Crippen molar-refractivity contribution < 1.29 is 9.53 Å². The number of likely N-dealkylation sites (N-methyl/N-ethyl adjacent to an activating group) is 1. The number of nitrogens with zero attached hydrogens (tertiary/aromatic N) is 3. The van der Waals surface area contributed by atoms with Crippen molar-refractivity contribution in [2.24, 2.45) is 0 Å².